The summed E-state index contributed by atoms with van der Waals surface area (Å²) in [6.45, 7) is 2.69. The average molecular weight is 471 g/mol. The summed E-state index contributed by atoms with van der Waals surface area (Å²) in [4.78, 5) is 14.4. The highest BCUT2D eigenvalue weighted by atomic mass is 32.2. The van der Waals surface area contributed by atoms with Gasteiger partial charge in [0.05, 0.1) is 12.2 Å². The molecule has 2 aliphatic rings. The Morgan fingerprint density at radius 3 is 2.53 bits per heavy atom. The van der Waals surface area contributed by atoms with Crippen LogP contribution in [0.25, 0.3) is 17.0 Å². The number of hydrogen-bond acceptors (Lipinski definition) is 4. The predicted molar refractivity (Wildman–Crippen MR) is 138 cm³/mol. The lowest BCUT2D eigenvalue weighted by Gasteiger charge is -2.42. The third kappa shape index (κ3) is 3.42. The summed E-state index contributed by atoms with van der Waals surface area (Å²) in [7, 11) is 0. The van der Waals surface area contributed by atoms with Crippen molar-refractivity contribution in [1.82, 2.24) is 19.2 Å². The molecule has 2 aliphatic carbocycles. The van der Waals surface area contributed by atoms with E-state index in [9.17, 15) is 4.79 Å². The number of nitrogens with zero attached hydrogens (tertiary/aromatic N) is 4. The Morgan fingerprint density at radius 2 is 1.74 bits per heavy atom. The number of fused-ring (bicyclic) bond motifs is 6. The monoisotopic (exact) mass is 470 g/mol. The van der Waals surface area contributed by atoms with Gasteiger partial charge in [0.25, 0.3) is 5.56 Å². The van der Waals surface area contributed by atoms with Crippen LogP contribution in [-0.4, -0.2) is 24.9 Å². The van der Waals surface area contributed by atoms with Crippen LogP contribution in [0.1, 0.15) is 62.1 Å². The molecular formula is C28H30N4OS. The number of thioether (sulfide) groups is 1. The molecule has 2 aromatic heterocycles. The summed E-state index contributed by atoms with van der Waals surface area (Å²) in [5, 5.41) is 10.1. The van der Waals surface area contributed by atoms with Crippen LogP contribution in [0.15, 0.2) is 64.5 Å². The topological polar surface area (TPSA) is 52.2 Å². The minimum Gasteiger partial charge on any atom is -0.272 e. The molecule has 6 heteroatoms. The van der Waals surface area contributed by atoms with E-state index in [2.05, 4.69) is 57.9 Å². The molecular weight excluding hydrogens is 440 g/mol. The normalized spacial score (nSPS) is 16.5. The zero-order valence-corrected chi connectivity index (χ0v) is 20.5. The fourth-order valence-corrected chi connectivity index (χ4v) is 6.80. The molecule has 0 bridgehead atoms. The molecule has 1 fully saturated rings. The third-order valence-electron chi connectivity index (χ3n) is 7.54. The quantitative estimate of drug-likeness (QED) is 0.343. The Bertz CT molecular complexity index is 1400. The van der Waals surface area contributed by atoms with E-state index in [-0.39, 0.29) is 11.0 Å². The van der Waals surface area contributed by atoms with Gasteiger partial charge in [0.15, 0.2) is 5.16 Å². The number of aromatic nitrogens is 4. The minimum absolute atomic E-state index is 0.109. The molecule has 174 valence electrons. The van der Waals surface area contributed by atoms with Gasteiger partial charge >= 0.3 is 0 Å². The van der Waals surface area contributed by atoms with Gasteiger partial charge in [-0.25, -0.2) is 0 Å². The molecule has 0 unspecified atom stereocenters. The first-order chi connectivity index (χ1) is 16.7. The Balaban J connectivity index is 1.70. The lowest BCUT2D eigenvalue weighted by molar-refractivity contribution is 0.283. The van der Waals surface area contributed by atoms with Gasteiger partial charge in [0.1, 0.15) is 0 Å². The fraction of sp³-hybridized carbons (Fsp3) is 0.393. The number of hydrogen-bond donors (Lipinski definition) is 0. The first kappa shape index (κ1) is 21.7. The van der Waals surface area contributed by atoms with Crippen LogP contribution < -0.4 is 5.56 Å². The zero-order chi connectivity index (χ0) is 23.1. The second-order valence-electron chi connectivity index (χ2n) is 9.74. The van der Waals surface area contributed by atoms with Crippen molar-refractivity contribution in [3.8, 4) is 11.3 Å². The van der Waals surface area contributed by atoms with Crippen LogP contribution in [0.3, 0.4) is 0 Å². The van der Waals surface area contributed by atoms with Crippen molar-refractivity contribution in [1.29, 1.82) is 0 Å². The Labute approximate surface area is 204 Å². The van der Waals surface area contributed by atoms with Gasteiger partial charge in [-0.1, -0.05) is 92.5 Å². The molecule has 5 nitrogen and oxygen atoms in total. The lowest BCUT2D eigenvalue weighted by Crippen LogP contribution is -2.43. The van der Waals surface area contributed by atoms with Crippen molar-refractivity contribution in [3.63, 3.8) is 0 Å². The maximum absolute atomic E-state index is 14.4. The van der Waals surface area contributed by atoms with Gasteiger partial charge in [0.2, 0.25) is 5.78 Å². The minimum atomic E-state index is -0.109. The van der Waals surface area contributed by atoms with E-state index in [1.807, 2.05) is 22.8 Å². The van der Waals surface area contributed by atoms with Gasteiger partial charge < -0.3 is 0 Å². The molecule has 2 aromatic carbocycles. The van der Waals surface area contributed by atoms with Crippen LogP contribution in [0.5, 0.6) is 0 Å². The van der Waals surface area contributed by atoms with Crippen LogP contribution in [0, 0.1) is 0 Å². The highest BCUT2D eigenvalue weighted by molar-refractivity contribution is 7.99. The molecule has 0 amide bonds. The Hall–Kier alpha value is -2.86. The van der Waals surface area contributed by atoms with Crippen molar-refractivity contribution in [3.05, 3.63) is 81.6 Å². The smallest absolute Gasteiger partial charge is 0.259 e. The Kier molecular flexibility index (Phi) is 5.56. The second kappa shape index (κ2) is 8.73. The largest absolute Gasteiger partial charge is 0.272 e. The summed E-state index contributed by atoms with van der Waals surface area (Å²) in [5.74, 6) is 1.62. The standard InChI is InChI=1S/C28H30N4OS/c1-2-17-34-27-30-29-26-31(19-20-11-5-3-6-12-20)25(33)23-24(32(26)27)22-14-8-7-13-21(22)18-28(23)15-9-4-10-16-28/h3,5-8,11-14H,2,4,9-10,15-19H2,1H3. The third-order valence-corrected chi connectivity index (χ3v) is 8.67. The lowest BCUT2D eigenvalue weighted by atomic mass is 9.62. The van der Waals surface area contributed by atoms with Gasteiger partial charge in [-0.2, -0.15) is 0 Å². The van der Waals surface area contributed by atoms with Crippen LogP contribution in [0.4, 0.5) is 0 Å². The summed E-state index contributed by atoms with van der Waals surface area (Å²) < 4.78 is 4.08. The molecule has 0 N–H and O–H groups in total. The maximum Gasteiger partial charge on any atom is 0.259 e. The summed E-state index contributed by atoms with van der Waals surface area (Å²) >= 11 is 1.73. The molecule has 6 rings (SSSR count). The van der Waals surface area contributed by atoms with Gasteiger partial charge in [-0.15, -0.1) is 10.2 Å². The van der Waals surface area contributed by atoms with E-state index in [0.29, 0.717) is 12.3 Å². The molecule has 0 atom stereocenters. The first-order valence-corrected chi connectivity index (χ1v) is 13.5. The van der Waals surface area contributed by atoms with Gasteiger partial charge in [-0.05, 0) is 36.8 Å². The van der Waals surface area contributed by atoms with Crippen molar-refractivity contribution < 1.29 is 0 Å². The molecule has 1 spiro atoms. The molecule has 34 heavy (non-hydrogen) atoms. The summed E-state index contributed by atoms with van der Waals surface area (Å²) in [6, 6.07) is 18.9. The van der Waals surface area contributed by atoms with Crippen LogP contribution in [0.2, 0.25) is 0 Å². The van der Waals surface area contributed by atoms with Gasteiger partial charge in [0, 0.05) is 22.3 Å². The molecule has 4 aromatic rings. The van der Waals surface area contributed by atoms with Crippen molar-refractivity contribution in [2.45, 2.75) is 69.0 Å². The Morgan fingerprint density at radius 1 is 0.971 bits per heavy atom. The zero-order valence-electron chi connectivity index (χ0n) is 19.7. The molecule has 0 aliphatic heterocycles. The molecule has 0 radical (unpaired) electrons. The van der Waals surface area contributed by atoms with Crippen molar-refractivity contribution in [2.75, 3.05) is 5.75 Å². The van der Waals surface area contributed by atoms with E-state index in [0.717, 1.165) is 53.4 Å². The van der Waals surface area contributed by atoms with Crippen molar-refractivity contribution >= 4 is 17.5 Å². The van der Waals surface area contributed by atoms with Crippen LogP contribution in [-0.2, 0) is 18.4 Å². The van der Waals surface area contributed by atoms with E-state index in [1.54, 1.807) is 11.8 Å². The molecule has 2 heterocycles. The second-order valence-corrected chi connectivity index (χ2v) is 10.8. The molecule has 0 saturated heterocycles. The van der Waals surface area contributed by atoms with E-state index in [1.165, 1.54) is 30.4 Å². The average Bonchev–Trinajstić information content (AvgIpc) is 3.29. The van der Waals surface area contributed by atoms with Gasteiger partial charge in [-0.3, -0.25) is 13.8 Å². The highest BCUT2D eigenvalue weighted by Gasteiger charge is 2.44. The molecule has 1 saturated carbocycles. The van der Waals surface area contributed by atoms with Crippen LogP contribution >= 0.6 is 11.8 Å². The van der Waals surface area contributed by atoms with E-state index < -0.39 is 0 Å². The number of rotatable bonds is 5. The fourth-order valence-electron chi connectivity index (χ4n) is 6.01. The highest BCUT2D eigenvalue weighted by Crippen LogP contribution is 2.49. The van der Waals surface area contributed by atoms with Crippen molar-refractivity contribution in [2.24, 2.45) is 0 Å². The first-order valence-electron chi connectivity index (χ1n) is 12.5. The van der Waals surface area contributed by atoms with E-state index in [4.69, 9.17) is 0 Å². The SMILES string of the molecule is CCCSc1nnc2n(Cc3ccccc3)c(=O)c3c(n12)-c1ccccc1CC31CCCCC1. The summed E-state index contributed by atoms with van der Waals surface area (Å²) in [6.07, 6.45) is 7.76. The van der Waals surface area contributed by atoms with E-state index >= 15 is 0 Å². The predicted octanol–water partition coefficient (Wildman–Crippen LogP) is 5.87. The maximum atomic E-state index is 14.4. The summed E-state index contributed by atoms with van der Waals surface area (Å²) in [5.41, 5.74) is 5.65. The number of benzene rings is 2.